The van der Waals surface area contributed by atoms with Crippen molar-refractivity contribution in [3.05, 3.63) is 105 Å². The van der Waals surface area contributed by atoms with E-state index < -0.39 is 30.1 Å². The fourth-order valence-electron chi connectivity index (χ4n) is 5.49. The fourth-order valence-corrected chi connectivity index (χ4v) is 5.49. The van der Waals surface area contributed by atoms with Crippen molar-refractivity contribution in [3.63, 3.8) is 0 Å². The number of hydrogen-bond acceptors (Lipinski definition) is 6. The molecule has 3 aromatic carbocycles. The second kappa shape index (κ2) is 9.57. The molecule has 0 spiro atoms. The van der Waals surface area contributed by atoms with E-state index in [1.807, 2.05) is 43.3 Å². The monoisotopic (exact) mass is 535 g/mol. The number of carbonyl (C=O) groups is 3. The van der Waals surface area contributed by atoms with Crippen LogP contribution in [0.15, 0.2) is 70.5 Å². The standard InChI is InChI=1S/C30H25N5O5/c1-16-12-19-10-11-34-26(19)22(13-16)25(18-6-4-3-5-7-18)33-27(30(34)40)35-17(2)32-23-14-20(8-9-21(23)29(35)39)28(38)31-15-24(36)37/h3-9,12-14,27H,10-11,15H2,1-2H3,(H,31,38)(H,36,37). The van der Waals surface area contributed by atoms with E-state index in [0.717, 1.165) is 27.9 Å². The van der Waals surface area contributed by atoms with Gasteiger partial charge in [0.2, 0.25) is 6.17 Å². The van der Waals surface area contributed by atoms with Gasteiger partial charge in [0.25, 0.3) is 17.4 Å². The zero-order chi connectivity index (χ0) is 28.1. The molecule has 2 N–H and O–H groups in total. The van der Waals surface area contributed by atoms with Gasteiger partial charge < -0.3 is 15.3 Å². The first-order chi connectivity index (χ1) is 19.2. The van der Waals surface area contributed by atoms with Crippen LogP contribution in [0, 0.1) is 13.8 Å². The molecule has 10 heteroatoms. The third-order valence-electron chi connectivity index (χ3n) is 7.23. The highest BCUT2D eigenvalue weighted by Crippen LogP contribution is 2.39. The van der Waals surface area contributed by atoms with Crippen LogP contribution >= 0.6 is 0 Å². The highest BCUT2D eigenvalue weighted by atomic mass is 16.4. The second-order valence-corrected chi connectivity index (χ2v) is 9.92. The first-order valence-electron chi connectivity index (χ1n) is 12.8. The van der Waals surface area contributed by atoms with Crippen molar-refractivity contribution in [2.75, 3.05) is 18.0 Å². The zero-order valence-electron chi connectivity index (χ0n) is 21.8. The number of nitrogens with one attached hydrogen (secondary N) is 1. The van der Waals surface area contributed by atoms with Crippen molar-refractivity contribution in [2.45, 2.75) is 26.4 Å². The predicted molar refractivity (Wildman–Crippen MR) is 149 cm³/mol. The van der Waals surface area contributed by atoms with Crippen molar-refractivity contribution in [2.24, 2.45) is 4.99 Å². The average Bonchev–Trinajstić information content (AvgIpc) is 3.31. The Morgan fingerprint density at radius 3 is 2.58 bits per heavy atom. The van der Waals surface area contributed by atoms with Crippen molar-refractivity contribution < 1.29 is 19.5 Å². The lowest BCUT2D eigenvalue weighted by Gasteiger charge is -2.23. The molecule has 2 amide bonds. The fraction of sp³-hybridized carbons (Fsp3) is 0.200. The molecule has 1 unspecified atom stereocenters. The molecule has 40 heavy (non-hydrogen) atoms. The molecule has 0 bridgehead atoms. The summed E-state index contributed by atoms with van der Waals surface area (Å²) >= 11 is 0. The van der Waals surface area contributed by atoms with Gasteiger partial charge in [-0.1, -0.05) is 42.0 Å². The Bertz CT molecular complexity index is 1830. The lowest BCUT2D eigenvalue weighted by Crippen LogP contribution is -2.39. The number of aliphatic imine (C=N–C) groups is 1. The van der Waals surface area contributed by atoms with Crippen molar-refractivity contribution in [1.29, 1.82) is 0 Å². The van der Waals surface area contributed by atoms with Gasteiger partial charge >= 0.3 is 5.97 Å². The SMILES string of the molecule is Cc1cc2c3c(c1)C(c1ccccc1)=NC(n1c(C)nc4cc(C(=O)NCC(=O)O)ccc4c1=O)C(=O)N3CC2. The molecule has 2 aliphatic heterocycles. The summed E-state index contributed by atoms with van der Waals surface area (Å²) in [4.78, 5) is 62.4. The number of aromatic nitrogens is 2. The Morgan fingerprint density at radius 2 is 1.82 bits per heavy atom. The van der Waals surface area contributed by atoms with Crippen LogP contribution in [0.4, 0.5) is 5.69 Å². The molecule has 0 fully saturated rings. The molecule has 1 atom stereocenters. The minimum absolute atomic E-state index is 0.170. The van der Waals surface area contributed by atoms with Crippen LogP contribution in [0.1, 0.15) is 44.6 Å². The zero-order valence-corrected chi connectivity index (χ0v) is 21.8. The van der Waals surface area contributed by atoms with Crippen LogP contribution in [0.25, 0.3) is 10.9 Å². The Labute approximate surface area is 228 Å². The van der Waals surface area contributed by atoms with Gasteiger partial charge in [-0.15, -0.1) is 0 Å². The Hall–Kier alpha value is -5.12. The van der Waals surface area contributed by atoms with Gasteiger partial charge in [0, 0.05) is 23.2 Å². The summed E-state index contributed by atoms with van der Waals surface area (Å²) in [6.45, 7) is 3.60. The number of rotatable bonds is 5. The number of benzene rings is 3. The largest absolute Gasteiger partial charge is 0.480 e. The van der Waals surface area contributed by atoms with E-state index in [0.29, 0.717) is 18.7 Å². The van der Waals surface area contributed by atoms with Crippen LogP contribution < -0.4 is 15.8 Å². The summed E-state index contributed by atoms with van der Waals surface area (Å²) in [5.74, 6) is -1.82. The highest BCUT2D eigenvalue weighted by molar-refractivity contribution is 6.20. The van der Waals surface area contributed by atoms with Gasteiger partial charge in [0.05, 0.1) is 22.3 Å². The topological polar surface area (TPSA) is 134 Å². The van der Waals surface area contributed by atoms with Gasteiger partial charge in [0.1, 0.15) is 12.4 Å². The lowest BCUT2D eigenvalue weighted by molar-refractivity contribution is -0.135. The molecule has 2 aliphatic rings. The number of fused-ring (bicyclic) bond motifs is 1. The van der Waals surface area contributed by atoms with Gasteiger partial charge in [-0.3, -0.25) is 23.7 Å². The Balaban J connectivity index is 1.52. The van der Waals surface area contributed by atoms with Crippen LogP contribution in [0.2, 0.25) is 0 Å². The van der Waals surface area contributed by atoms with E-state index >= 15 is 0 Å². The minimum Gasteiger partial charge on any atom is -0.480 e. The Morgan fingerprint density at radius 1 is 1.05 bits per heavy atom. The molecule has 10 nitrogen and oxygen atoms in total. The molecular weight excluding hydrogens is 510 g/mol. The number of aryl methyl sites for hydroxylation is 2. The molecule has 3 heterocycles. The quantitative estimate of drug-likeness (QED) is 0.404. The summed E-state index contributed by atoms with van der Waals surface area (Å²) in [7, 11) is 0. The summed E-state index contributed by atoms with van der Waals surface area (Å²) in [6, 6.07) is 18.1. The minimum atomic E-state index is -1.18. The molecule has 200 valence electrons. The number of carboxylic acid groups (broad SMARTS) is 1. The average molecular weight is 536 g/mol. The van der Waals surface area contributed by atoms with Crippen molar-refractivity contribution in [3.8, 4) is 0 Å². The van der Waals surface area contributed by atoms with Gasteiger partial charge in [-0.05, 0) is 50.1 Å². The van der Waals surface area contributed by atoms with Gasteiger partial charge in [-0.25, -0.2) is 9.98 Å². The van der Waals surface area contributed by atoms with Gasteiger partial charge in [-0.2, -0.15) is 0 Å². The van der Waals surface area contributed by atoms with E-state index in [2.05, 4.69) is 16.4 Å². The van der Waals surface area contributed by atoms with Crippen molar-refractivity contribution >= 4 is 40.1 Å². The van der Waals surface area contributed by atoms with E-state index in [4.69, 9.17) is 10.1 Å². The van der Waals surface area contributed by atoms with E-state index in [1.165, 1.54) is 22.8 Å². The number of anilines is 1. The third-order valence-corrected chi connectivity index (χ3v) is 7.23. The molecule has 0 saturated heterocycles. The predicted octanol–water partition coefficient (Wildman–Crippen LogP) is 2.77. The third kappa shape index (κ3) is 4.14. The van der Waals surface area contributed by atoms with Gasteiger partial charge in [0.15, 0.2) is 0 Å². The molecular formula is C30H25N5O5. The summed E-state index contributed by atoms with van der Waals surface area (Å²) in [5.41, 5.74) is 5.24. The van der Waals surface area contributed by atoms with E-state index in [-0.39, 0.29) is 28.2 Å². The molecule has 1 aromatic heterocycles. The van der Waals surface area contributed by atoms with Crippen LogP contribution in [-0.2, 0) is 16.0 Å². The Kier molecular flexibility index (Phi) is 6.02. The smallest absolute Gasteiger partial charge is 0.322 e. The van der Waals surface area contributed by atoms with E-state index in [1.54, 1.807) is 11.8 Å². The maximum Gasteiger partial charge on any atom is 0.322 e. The number of aliphatic carboxylic acids is 1. The maximum absolute atomic E-state index is 14.1. The summed E-state index contributed by atoms with van der Waals surface area (Å²) in [5, 5.41) is 11.4. The molecule has 0 aliphatic carbocycles. The number of carboxylic acids is 1. The van der Waals surface area contributed by atoms with Crippen molar-refractivity contribution in [1.82, 2.24) is 14.9 Å². The normalized spacial score (nSPS) is 15.9. The molecule has 0 saturated carbocycles. The second-order valence-electron chi connectivity index (χ2n) is 9.92. The molecule has 6 rings (SSSR count). The first kappa shape index (κ1) is 25.2. The van der Waals surface area contributed by atoms with Crippen LogP contribution in [-0.4, -0.2) is 51.2 Å². The molecule has 0 radical (unpaired) electrons. The summed E-state index contributed by atoms with van der Waals surface area (Å²) in [6.07, 6.45) is -0.474. The maximum atomic E-state index is 14.1. The number of hydrogen-bond donors (Lipinski definition) is 2. The van der Waals surface area contributed by atoms with Crippen LogP contribution in [0.5, 0.6) is 0 Å². The van der Waals surface area contributed by atoms with Crippen LogP contribution in [0.3, 0.4) is 0 Å². The highest BCUT2D eigenvalue weighted by Gasteiger charge is 2.38. The number of amides is 2. The number of carbonyl (C=O) groups excluding carboxylic acids is 2. The molecule has 4 aromatic rings. The lowest BCUT2D eigenvalue weighted by atomic mass is 9.96. The van der Waals surface area contributed by atoms with E-state index in [9.17, 15) is 19.2 Å². The number of nitrogens with zero attached hydrogens (tertiary/aromatic N) is 4. The first-order valence-corrected chi connectivity index (χ1v) is 12.8. The summed E-state index contributed by atoms with van der Waals surface area (Å²) < 4.78 is 1.31.